The number of esters is 2. The summed E-state index contributed by atoms with van der Waals surface area (Å²) in [6.45, 7) is 5.31. The van der Waals surface area contributed by atoms with Gasteiger partial charge in [-0.25, -0.2) is 88.5 Å². The molecule has 0 atom stereocenters. The van der Waals surface area contributed by atoms with E-state index < -0.39 is 46.1 Å². The van der Waals surface area contributed by atoms with Crippen LogP contribution in [0.4, 0.5) is 0 Å². The topological polar surface area (TPSA) is 347 Å². The largest absolute Gasteiger partial charge is 0.643 e. The van der Waals surface area contributed by atoms with Crippen molar-refractivity contribution in [3.8, 4) is 34.7 Å². The molecule has 4 N–H and O–H groups in total. The first-order valence-corrected chi connectivity index (χ1v) is 25.8. The summed E-state index contributed by atoms with van der Waals surface area (Å²) in [6.07, 6.45) is 13.8. The Morgan fingerprint density at radius 2 is 0.945 bits per heavy atom. The molecule has 9 heterocycles. The number of ether oxygens (including phenoxy) is 5. The van der Waals surface area contributed by atoms with E-state index in [1.807, 2.05) is 19.2 Å². The number of hydrogen-bond acceptors (Lipinski definition) is 20. The van der Waals surface area contributed by atoms with Crippen LogP contribution in [0.2, 0.25) is 0 Å². The molecule has 0 unspecified atom stereocenters. The Labute approximate surface area is 432 Å². The number of nitrogens with one attached hydrogen (secondary N) is 3. The number of carboxylic acid groups (broad SMARTS) is 1. The highest BCUT2D eigenvalue weighted by molar-refractivity contribution is 7.54. The van der Waals surface area contributed by atoms with E-state index in [0.717, 1.165) is 30.9 Å². The monoisotopic (exact) mass is 1100 g/mol. The lowest BCUT2D eigenvalue weighted by atomic mass is 10.1. The molecule has 27 nitrogen and oxygen atoms in total. The number of carbonyl (C=O) groups excluding carboxylic acids is 5. The molecule has 0 bridgehead atoms. The number of hydrogen-bond donors (Lipinski definition) is 4. The number of methoxy groups -OCH3 is 5. The van der Waals surface area contributed by atoms with Crippen LogP contribution in [0.1, 0.15) is 38.2 Å². The predicted octanol–water partition coefficient (Wildman–Crippen LogP) is 4.62. The van der Waals surface area contributed by atoms with Crippen LogP contribution in [-0.2, 0) is 28.7 Å². The van der Waals surface area contributed by atoms with Crippen molar-refractivity contribution in [1.82, 2.24) is 74.2 Å². The van der Waals surface area contributed by atoms with Crippen LogP contribution in [0.5, 0.6) is 17.2 Å². The van der Waals surface area contributed by atoms with Gasteiger partial charge in [-0.1, -0.05) is 0 Å². The molecule has 0 spiro atoms. The van der Waals surface area contributed by atoms with Gasteiger partial charge in [0.25, 0.3) is 11.6 Å². The van der Waals surface area contributed by atoms with Gasteiger partial charge in [0, 0.05) is 24.0 Å². The van der Waals surface area contributed by atoms with Gasteiger partial charge in [0.2, 0.25) is 0 Å². The number of Topliss-reactive ketones (excluding diaryl/α,β-unsaturated/α-hetero) is 2. The minimum atomic E-state index is -1.72. The van der Waals surface area contributed by atoms with Gasteiger partial charge in [0.1, 0.15) is 53.7 Å². The molecule has 9 aromatic heterocycles. The number of fused-ring (bicyclic) bond motifs is 3. The van der Waals surface area contributed by atoms with Crippen LogP contribution in [0, 0.1) is 20.8 Å². The Hall–Kier alpha value is -8.00. The quantitative estimate of drug-likeness (QED) is 0.0451. The van der Waals surface area contributed by atoms with Crippen molar-refractivity contribution in [3.63, 3.8) is 0 Å². The number of aliphatic carboxylic acids is 1. The fourth-order valence-electron chi connectivity index (χ4n) is 6.32. The van der Waals surface area contributed by atoms with Gasteiger partial charge in [-0.3, -0.25) is 14.4 Å². The third-order valence-corrected chi connectivity index (χ3v) is 9.53. The molecule has 0 radical (unpaired) electrons. The molecule has 32 heteroatoms. The number of halogens is 4. The van der Waals surface area contributed by atoms with Gasteiger partial charge < -0.3 is 43.7 Å². The second kappa shape index (κ2) is 25.4. The maximum absolute atomic E-state index is 12.2. The number of ketones is 2. The van der Waals surface area contributed by atoms with Crippen LogP contribution in [-0.4, -0.2) is 161 Å². The second-order valence-electron chi connectivity index (χ2n) is 13.8. The first-order chi connectivity index (χ1) is 34.8. The Morgan fingerprint density at radius 3 is 1.27 bits per heavy atom. The van der Waals surface area contributed by atoms with Crippen molar-refractivity contribution in [2.75, 3.05) is 35.5 Å². The lowest BCUT2D eigenvalue weighted by molar-refractivity contribution is -0.148. The van der Waals surface area contributed by atoms with Crippen molar-refractivity contribution in [3.05, 3.63) is 90.8 Å². The summed E-state index contributed by atoms with van der Waals surface area (Å²) in [7, 11) is 21.6. The predicted molar refractivity (Wildman–Crippen MR) is 261 cm³/mol. The highest BCUT2D eigenvalue weighted by atomic mass is 35.8. The van der Waals surface area contributed by atoms with Crippen molar-refractivity contribution < 1.29 is 57.6 Å². The summed E-state index contributed by atoms with van der Waals surface area (Å²) < 4.78 is 28.6. The number of carbonyl (C=O) groups is 6. The van der Waals surface area contributed by atoms with Crippen LogP contribution in [0.25, 0.3) is 50.2 Å². The lowest BCUT2D eigenvalue weighted by Gasteiger charge is -2.07. The van der Waals surface area contributed by atoms with Gasteiger partial charge in [-0.2, -0.15) is 15.3 Å². The molecule has 380 valence electrons. The van der Waals surface area contributed by atoms with E-state index in [-0.39, 0.29) is 11.1 Å². The van der Waals surface area contributed by atoms with Gasteiger partial charge in [0.15, 0.2) is 17.5 Å². The highest BCUT2D eigenvalue weighted by Gasteiger charge is 2.26. The van der Waals surface area contributed by atoms with Crippen molar-refractivity contribution >= 4 is 121 Å². The SMILES string of the molecule is COC(=O)C(=O)Cl.COC(=O)C(=O)c1c[nH]c2c(-n3cnc(C)n3)ncc(OC)c12.COc1cnc(-n2cnc(C)n2)c2[nH]cc(C(=O)C(=O)O)c12.COc1cnc(-n2cnc(C)n2)c2[nH]ccc12.[Cl][Al]([Cl])[Cl]. The Morgan fingerprint density at radius 1 is 0.562 bits per heavy atom. The number of aromatic nitrogens is 15. The van der Waals surface area contributed by atoms with Crippen LogP contribution in [0.3, 0.4) is 0 Å². The molecule has 9 rings (SSSR count). The van der Waals surface area contributed by atoms with E-state index in [2.05, 4.69) is 81.2 Å². The maximum Gasteiger partial charge on any atom is 0.643 e. The second-order valence-corrected chi connectivity index (χ2v) is 20.6. The third kappa shape index (κ3) is 13.3. The number of aromatic amines is 3. The minimum Gasteiger partial charge on any atom is -0.494 e. The molecule has 0 aliphatic heterocycles. The van der Waals surface area contributed by atoms with Gasteiger partial charge in [-0.15, -0.1) is 0 Å². The average Bonchev–Trinajstić information content (AvgIpc) is 4.26. The van der Waals surface area contributed by atoms with E-state index in [4.69, 9.17) is 49.5 Å². The summed E-state index contributed by atoms with van der Waals surface area (Å²) >= 11 is 2.89. The number of rotatable bonds is 11. The first-order valence-electron chi connectivity index (χ1n) is 20.1. The van der Waals surface area contributed by atoms with Crippen LogP contribution in [0.15, 0.2) is 62.2 Å². The molecule has 0 saturated carbocycles. The minimum absolute atomic E-state index is 0.000151. The van der Waals surface area contributed by atoms with E-state index in [1.54, 1.807) is 38.2 Å². The van der Waals surface area contributed by atoms with Crippen molar-refractivity contribution in [2.45, 2.75) is 20.8 Å². The highest BCUT2D eigenvalue weighted by Crippen LogP contribution is 2.33. The molecule has 0 aliphatic carbocycles. The van der Waals surface area contributed by atoms with Gasteiger partial charge >= 0.3 is 34.5 Å². The number of nitrogens with zero attached hydrogens (tertiary/aromatic N) is 12. The van der Waals surface area contributed by atoms with Crippen LogP contribution >= 0.6 is 41.7 Å². The summed E-state index contributed by atoms with van der Waals surface area (Å²) in [4.78, 5) is 99.9. The normalized spacial score (nSPS) is 10.3. The molecule has 9 aromatic rings. The van der Waals surface area contributed by atoms with E-state index in [1.165, 1.54) is 61.0 Å². The van der Waals surface area contributed by atoms with E-state index >= 15 is 0 Å². The summed E-state index contributed by atoms with van der Waals surface area (Å²) in [6, 6.07) is 1.95. The van der Waals surface area contributed by atoms with Crippen molar-refractivity contribution in [2.24, 2.45) is 0 Å². The molecule has 0 amide bonds. The Kier molecular flexibility index (Phi) is 19.5. The summed E-state index contributed by atoms with van der Waals surface area (Å²) in [5.74, 6) is -0.562. The molecule has 0 aliphatic rings. The smallest absolute Gasteiger partial charge is 0.494 e. The molecular weight excluding hydrogens is 1060 g/mol. The Bertz CT molecular complexity index is 3460. The maximum atomic E-state index is 12.2. The zero-order valence-corrected chi connectivity index (χ0v) is 43.3. The van der Waals surface area contributed by atoms with Crippen LogP contribution < -0.4 is 14.2 Å². The van der Waals surface area contributed by atoms with Gasteiger partial charge in [0.05, 0.1) is 92.6 Å². The molecule has 0 aromatic carbocycles. The summed E-state index contributed by atoms with van der Waals surface area (Å²) in [5, 5.41) is 22.2. The zero-order chi connectivity index (χ0) is 53.7. The average molecular weight is 1100 g/mol. The first kappa shape index (κ1) is 55.9. The fourth-order valence-corrected chi connectivity index (χ4v) is 6.39. The Balaban J connectivity index is 0.000000185. The number of carboxylic acids is 1. The standard InChI is InChI=1S/C14H13N5O4.C13H11N5O4.C11H11N5O.C3H3ClO3.Al.3ClH/c1-7-17-6-19(18-7)13-11-10(9(22-2)5-16-13)8(4-15-11)12(20)14(21)23-3;1-6-16-5-18(17-6)12-10-9(8(22-2)4-15-12)7(3-14-10)11(19)13(20)21;1-7-14-6-16(15-7)11-10-8(3-4-12-10)9(17-2)5-13-11;1-7-3(6)2(4)5;;;;/h4-6,15H,1-3H3;3-5,14H,1-2H3,(H,20,21);3-6,12H,1-2H3;1H3;;3*1H/q;;;;+3;;;/p-3. The molecule has 0 fully saturated rings. The molecule has 0 saturated heterocycles. The number of pyridine rings is 3. The van der Waals surface area contributed by atoms with Gasteiger partial charge in [-0.05, 0) is 38.4 Å². The number of aryl methyl sites for hydroxylation is 3. The molecular formula is C41H38AlCl4N15O12. The van der Waals surface area contributed by atoms with E-state index in [9.17, 15) is 28.8 Å². The van der Waals surface area contributed by atoms with Crippen molar-refractivity contribution in [1.29, 1.82) is 0 Å². The lowest BCUT2D eigenvalue weighted by Crippen LogP contribution is -2.15. The third-order valence-electron chi connectivity index (χ3n) is 9.38. The van der Waals surface area contributed by atoms with E-state index in [0.29, 0.717) is 68.2 Å². The summed E-state index contributed by atoms with van der Waals surface area (Å²) in [5.41, 5.74) is 1.97. The fraction of sp³-hybridized carbons (Fsp3) is 0.195. The zero-order valence-electron chi connectivity index (χ0n) is 39.2. The molecule has 73 heavy (non-hydrogen) atoms. The number of H-pyrrole nitrogens is 3.